The van der Waals surface area contributed by atoms with E-state index in [4.69, 9.17) is 17.0 Å². The summed E-state index contributed by atoms with van der Waals surface area (Å²) in [5.41, 5.74) is 0.740. The van der Waals surface area contributed by atoms with E-state index in [-0.39, 0.29) is 11.9 Å². The number of para-hydroxylation sites is 2. The number of hydrogen-bond acceptors (Lipinski definition) is 3. The molecule has 1 atom stereocenters. The predicted molar refractivity (Wildman–Crippen MR) is 72.8 cm³/mol. The highest BCUT2D eigenvalue weighted by Gasteiger charge is 2.46. The van der Waals surface area contributed by atoms with Crippen molar-refractivity contribution >= 4 is 28.9 Å². The van der Waals surface area contributed by atoms with E-state index in [2.05, 4.69) is 0 Å². The van der Waals surface area contributed by atoms with Gasteiger partial charge in [0.05, 0.1) is 12.8 Å². The lowest BCUT2D eigenvalue weighted by molar-refractivity contribution is -0.119. The molecule has 2 fully saturated rings. The summed E-state index contributed by atoms with van der Waals surface area (Å²) in [4.78, 5) is 16.0. The smallest absolute Gasteiger partial charge is 0.256 e. The lowest BCUT2D eigenvalue weighted by Crippen LogP contribution is -2.33. The van der Waals surface area contributed by atoms with Gasteiger partial charge in [0.2, 0.25) is 0 Å². The maximum Gasteiger partial charge on any atom is 0.256 e. The van der Waals surface area contributed by atoms with E-state index in [0.717, 1.165) is 25.1 Å². The van der Waals surface area contributed by atoms with Gasteiger partial charge in [-0.3, -0.25) is 9.69 Å². The molecule has 0 radical (unpaired) electrons. The van der Waals surface area contributed by atoms with Gasteiger partial charge in [-0.15, -0.1) is 0 Å². The molecule has 2 aliphatic rings. The number of thiocarbonyl (C=S) groups is 1. The number of rotatable bonds is 2. The van der Waals surface area contributed by atoms with E-state index in [1.165, 1.54) is 0 Å². The first kappa shape index (κ1) is 11.5. The Morgan fingerprint density at radius 2 is 2.17 bits per heavy atom. The van der Waals surface area contributed by atoms with Crippen LogP contribution in [0.1, 0.15) is 12.8 Å². The minimum Gasteiger partial charge on any atom is -0.495 e. The van der Waals surface area contributed by atoms with Crippen molar-refractivity contribution in [1.82, 2.24) is 4.90 Å². The molecule has 0 spiro atoms. The fraction of sp³-hybridized carbons (Fsp3) is 0.385. The third kappa shape index (κ3) is 1.50. The van der Waals surface area contributed by atoms with E-state index in [1.807, 2.05) is 29.2 Å². The third-order valence-corrected chi connectivity index (χ3v) is 3.94. The lowest BCUT2D eigenvalue weighted by Gasteiger charge is -2.20. The first-order chi connectivity index (χ1) is 8.74. The van der Waals surface area contributed by atoms with Gasteiger partial charge in [0.15, 0.2) is 5.11 Å². The summed E-state index contributed by atoms with van der Waals surface area (Å²) in [5.74, 6) is 0.747. The molecule has 0 saturated carbocycles. The first-order valence-electron chi connectivity index (χ1n) is 6.01. The largest absolute Gasteiger partial charge is 0.495 e. The van der Waals surface area contributed by atoms with Crippen LogP contribution in [0.15, 0.2) is 24.3 Å². The molecular formula is C13H14N2O2S. The Morgan fingerprint density at radius 1 is 1.39 bits per heavy atom. The lowest BCUT2D eigenvalue weighted by atomic mass is 10.2. The van der Waals surface area contributed by atoms with E-state index in [0.29, 0.717) is 10.9 Å². The van der Waals surface area contributed by atoms with Gasteiger partial charge >= 0.3 is 0 Å². The van der Waals surface area contributed by atoms with Gasteiger partial charge in [-0.25, -0.2) is 0 Å². The average molecular weight is 262 g/mol. The predicted octanol–water partition coefficient (Wildman–Crippen LogP) is 1.79. The molecule has 0 aliphatic carbocycles. The van der Waals surface area contributed by atoms with Crippen LogP contribution in [0, 0.1) is 0 Å². The Kier molecular flexibility index (Phi) is 2.70. The third-order valence-electron chi connectivity index (χ3n) is 3.52. The molecule has 2 saturated heterocycles. The summed E-state index contributed by atoms with van der Waals surface area (Å²) in [6.45, 7) is 0.876. The van der Waals surface area contributed by atoms with Crippen LogP contribution in [-0.4, -0.2) is 35.6 Å². The number of nitrogens with zero attached hydrogens (tertiary/aromatic N) is 2. The molecule has 2 heterocycles. The number of benzene rings is 1. The van der Waals surface area contributed by atoms with Gasteiger partial charge in [0, 0.05) is 6.54 Å². The van der Waals surface area contributed by atoms with Crippen molar-refractivity contribution in [1.29, 1.82) is 0 Å². The van der Waals surface area contributed by atoms with E-state index >= 15 is 0 Å². The van der Waals surface area contributed by atoms with Gasteiger partial charge in [-0.2, -0.15) is 0 Å². The monoisotopic (exact) mass is 262 g/mol. The topological polar surface area (TPSA) is 32.8 Å². The molecule has 5 heteroatoms. The summed E-state index contributed by atoms with van der Waals surface area (Å²) in [5, 5.41) is 0.604. The molecule has 18 heavy (non-hydrogen) atoms. The van der Waals surface area contributed by atoms with Crippen LogP contribution in [0.4, 0.5) is 5.69 Å². The first-order valence-corrected chi connectivity index (χ1v) is 6.42. The Morgan fingerprint density at radius 3 is 2.89 bits per heavy atom. The molecule has 0 N–H and O–H groups in total. The average Bonchev–Trinajstić information content (AvgIpc) is 2.95. The Labute approximate surface area is 111 Å². The maximum atomic E-state index is 12.4. The Bertz CT molecular complexity index is 495. The number of hydrogen-bond donors (Lipinski definition) is 0. The number of ether oxygens (including phenoxy) is 1. The van der Waals surface area contributed by atoms with E-state index in [9.17, 15) is 4.79 Å². The highest BCUT2D eigenvalue weighted by Crippen LogP contribution is 2.36. The van der Waals surface area contributed by atoms with Crippen LogP contribution < -0.4 is 9.64 Å². The van der Waals surface area contributed by atoms with Crippen molar-refractivity contribution < 1.29 is 9.53 Å². The quantitative estimate of drug-likeness (QED) is 0.761. The fourth-order valence-electron chi connectivity index (χ4n) is 2.66. The van der Waals surface area contributed by atoms with Crippen LogP contribution >= 0.6 is 12.2 Å². The zero-order valence-corrected chi connectivity index (χ0v) is 10.9. The molecule has 0 aromatic heterocycles. The standard InChI is InChI=1S/C13H14N2O2S/c1-17-11-7-3-2-5-9(11)15-12(16)10-6-4-8-14(10)13(15)18/h2-3,5,7,10H,4,6,8H2,1H3/t10-/m0/s1. The number of amides is 1. The molecular weight excluding hydrogens is 248 g/mol. The van der Waals surface area contributed by atoms with Gasteiger partial charge in [0.1, 0.15) is 11.8 Å². The molecule has 4 nitrogen and oxygen atoms in total. The van der Waals surface area contributed by atoms with E-state index < -0.39 is 0 Å². The minimum atomic E-state index is -0.0672. The SMILES string of the molecule is COc1ccccc1N1C(=O)[C@@H]2CCCN2C1=S. The summed E-state index contributed by atoms with van der Waals surface area (Å²) in [6, 6.07) is 7.41. The second-order valence-electron chi connectivity index (χ2n) is 4.48. The van der Waals surface area contributed by atoms with Crippen molar-refractivity contribution in [3.8, 4) is 5.75 Å². The Hall–Kier alpha value is -1.62. The van der Waals surface area contributed by atoms with Gasteiger partial charge < -0.3 is 9.64 Å². The summed E-state index contributed by atoms with van der Waals surface area (Å²) >= 11 is 5.42. The summed E-state index contributed by atoms with van der Waals surface area (Å²) in [6.07, 6.45) is 1.93. The zero-order chi connectivity index (χ0) is 12.7. The summed E-state index contributed by atoms with van der Waals surface area (Å²) < 4.78 is 5.30. The van der Waals surface area contributed by atoms with Gasteiger partial charge in [-0.1, -0.05) is 12.1 Å². The molecule has 3 rings (SSSR count). The number of anilines is 1. The zero-order valence-electron chi connectivity index (χ0n) is 10.1. The molecule has 0 bridgehead atoms. The summed E-state index contributed by atoms with van der Waals surface area (Å²) in [7, 11) is 1.60. The molecule has 2 aliphatic heterocycles. The molecule has 94 valence electrons. The molecule has 1 amide bonds. The minimum absolute atomic E-state index is 0.0672. The molecule has 1 aromatic rings. The van der Waals surface area contributed by atoms with Crippen molar-refractivity contribution in [2.24, 2.45) is 0 Å². The normalized spacial score (nSPS) is 22.6. The maximum absolute atomic E-state index is 12.4. The highest BCUT2D eigenvalue weighted by molar-refractivity contribution is 7.80. The number of carbonyl (C=O) groups excluding carboxylic acids is 1. The van der Waals surface area contributed by atoms with Crippen molar-refractivity contribution in [3.63, 3.8) is 0 Å². The fourth-order valence-corrected chi connectivity index (χ4v) is 3.07. The molecule has 1 aromatic carbocycles. The Balaban J connectivity index is 2.02. The van der Waals surface area contributed by atoms with Crippen LogP contribution in [0.3, 0.4) is 0 Å². The van der Waals surface area contributed by atoms with Gasteiger partial charge in [-0.05, 0) is 37.2 Å². The number of fused-ring (bicyclic) bond motifs is 1. The van der Waals surface area contributed by atoms with Crippen molar-refractivity contribution in [2.45, 2.75) is 18.9 Å². The van der Waals surface area contributed by atoms with Crippen LogP contribution in [0.25, 0.3) is 0 Å². The van der Waals surface area contributed by atoms with Crippen LogP contribution in [-0.2, 0) is 4.79 Å². The van der Waals surface area contributed by atoms with Crippen LogP contribution in [0.2, 0.25) is 0 Å². The highest BCUT2D eigenvalue weighted by atomic mass is 32.1. The van der Waals surface area contributed by atoms with Gasteiger partial charge in [0.25, 0.3) is 5.91 Å². The second kappa shape index (κ2) is 4.24. The number of methoxy groups -OCH3 is 1. The molecule has 0 unspecified atom stereocenters. The van der Waals surface area contributed by atoms with Crippen molar-refractivity contribution in [3.05, 3.63) is 24.3 Å². The van der Waals surface area contributed by atoms with Crippen LogP contribution in [0.5, 0.6) is 5.75 Å². The number of carbonyl (C=O) groups is 1. The second-order valence-corrected chi connectivity index (χ2v) is 4.84. The van der Waals surface area contributed by atoms with E-state index in [1.54, 1.807) is 12.0 Å². The van der Waals surface area contributed by atoms with Crippen molar-refractivity contribution in [2.75, 3.05) is 18.6 Å².